The molecule has 1 aliphatic heterocycles. The van der Waals surface area contributed by atoms with Crippen molar-refractivity contribution in [3.05, 3.63) is 35.9 Å². The van der Waals surface area contributed by atoms with Crippen LogP contribution in [0.25, 0.3) is 0 Å². The van der Waals surface area contributed by atoms with Crippen molar-refractivity contribution in [1.29, 1.82) is 0 Å². The molecule has 1 saturated heterocycles. The van der Waals surface area contributed by atoms with Crippen molar-refractivity contribution in [1.82, 2.24) is 4.90 Å². The van der Waals surface area contributed by atoms with Gasteiger partial charge in [-0.25, -0.2) is 4.79 Å². The van der Waals surface area contributed by atoms with Crippen molar-refractivity contribution >= 4 is 12.1 Å². The lowest BCUT2D eigenvalue weighted by atomic mass is 9.75. The summed E-state index contributed by atoms with van der Waals surface area (Å²) >= 11 is 0. The number of likely N-dealkylation sites (tertiary alicyclic amines) is 1. The highest BCUT2D eigenvalue weighted by molar-refractivity contribution is 5.79. The standard InChI is InChI=1S/C19H27NO5.C3H8/c1-4-15-10-19(14-23-2,17(21)24-3)13-20(11-15)18(22)25-12-16-8-6-5-7-9-16;1-3-2/h5-9,15H,4,10-14H2,1-3H3;3H2,1-2H3/t15-,19-;/m1./s1. The Hall–Kier alpha value is -2.08. The molecule has 2 atom stereocenters. The number of amides is 1. The van der Waals surface area contributed by atoms with Crippen molar-refractivity contribution in [2.45, 2.75) is 46.6 Å². The molecule has 0 unspecified atom stereocenters. The average molecular weight is 394 g/mol. The summed E-state index contributed by atoms with van der Waals surface area (Å²) in [6, 6.07) is 9.53. The molecule has 6 nitrogen and oxygen atoms in total. The van der Waals surface area contributed by atoms with E-state index in [1.807, 2.05) is 30.3 Å². The zero-order chi connectivity index (χ0) is 21.0. The monoisotopic (exact) mass is 393 g/mol. The van der Waals surface area contributed by atoms with Crippen LogP contribution in [0.1, 0.15) is 45.6 Å². The fraction of sp³-hybridized carbons (Fsp3) is 0.636. The Morgan fingerprint density at radius 2 is 1.79 bits per heavy atom. The summed E-state index contributed by atoms with van der Waals surface area (Å²) in [5.74, 6) is -0.138. The third kappa shape index (κ3) is 6.82. The van der Waals surface area contributed by atoms with Gasteiger partial charge in [0.2, 0.25) is 0 Å². The Labute approximate surface area is 169 Å². The van der Waals surface area contributed by atoms with Gasteiger partial charge in [0, 0.05) is 20.2 Å². The topological polar surface area (TPSA) is 65.1 Å². The van der Waals surface area contributed by atoms with Gasteiger partial charge in [0.25, 0.3) is 0 Å². The molecule has 0 aliphatic carbocycles. The summed E-state index contributed by atoms with van der Waals surface area (Å²) < 4.78 is 15.7. The van der Waals surface area contributed by atoms with E-state index in [4.69, 9.17) is 14.2 Å². The summed E-state index contributed by atoms with van der Waals surface area (Å²) in [5, 5.41) is 0. The molecule has 1 amide bonds. The Morgan fingerprint density at radius 3 is 2.32 bits per heavy atom. The van der Waals surface area contributed by atoms with Crippen LogP contribution in [0.5, 0.6) is 0 Å². The lowest BCUT2D eigenvalue weighted by Crippen LogP contribution is -2.55. The quantitative estimate of drug-likeness (QED) is 0.675. The second kappa shape index (κ2) is 12.4. The van der Waals surface area contributed by atoms with Crippen molar-refractivity contribution in [2.24, 2.45) is 11.3 Å². The summed E-state index contributed by atoms with van der Waals surface area (Å²) in [6.45, 7) is 7.56. The van der Waals surface area contributed by atoms with Crippen LogP contribution in [-0.2, 0) is 25.6 Å². The van der Waals surface area contributed by atoms with E-state index >= 15 is 0 Å². The SMILES string of the molecule is CCC.CC[C@H]1CN(C(=O)OCc2ccccc2)C[C@](COC)(C(=O)OC)C1. The first-order chi connectivity index (χ1) is 13.5. The fourth-order valence-corrected chi connectivity index (χ4v) is 3.45. The average Bonchev–Trinajstić information content (AvgIpc) is 2.72. The molecule has 1 aliphatic rings. The Morgan fingerprint density at radius 1 is 1.14 bits per heavy atom. The van der Waals surface area contributed by atoms with Crippen molar-refractivity contribution in [3.8, 4) is 0 Å². The number of carbonyl (C=O) groups excluding carboxylic acids is 2. The van der Waals surface area contributed by atoms with Crippen LogP contribution in [0, 0.1) is 11.3 Å². The molecule has 0 N–H and O–H groups in total. The molecule has 158 valence electrons. The number of esters is 1. The van der Waals surface area contributed by atoms with Gasteiger partial charge in [-0.3, -0.25) is 4.79 Å². The van der Waals surface area contributed by atoms with E-state index < -0.39 is 11.5 Å². The number of rotatable bonds is 6. The van der Waals surface area contributed by atoms with E-state index in [0.29, 0.717) is 13.0 Å². The molecular formula is C22H35NO5. The Balaban J connectivity index is 0.00000122. The van der Waals surface area contributed by atoms with E-state index in [-0.39, 0.29) is 31.6 Å². The minimum absolute atomic E-state index is 0.201. The van der Waals surface area contributed by atoms with Gasteiger partial charge >= 0.3 is 12.1 Å². The summed E-state index contributed by atoms with van der Waals surface area (Å²) in [7, 11) is 2.92. The minimum Gasteiger partial charge on any atom is -0.468 e. The van der Waals surface area contributed by atoms with E-state index in [1.54, 1.807) is 12.0 Å². The highest BCUT2D eigenvalue weighted by Crippen LogP contribution is 2.36. The van der Waals surface area contributed by atoms with Gasteiger partial charge in [-0.15, -0.1) is 0 Å². The van der Waals surface area contributed by atoms with Gasteiger partial charge in [-0.05, 0) is 17.9 Å². The maximum Gasteiger partial charge on any atom is 0.410 e. The molecule has 28 heavy (non-hydrogen) atoms. The highest BCUT2D eigenvalue weighted by Gasteiger charge is 2.48. The molecular weight excluding hydrogens is 358 g/mol. The maximum absolute atomic E-state index is 12.5. The molecule has 0 bridgehead atoms. The molecule has 0 saturated carbocycles. The molecule has 1 aromatic rings. The van der Waals surface area contributed by atoms with Gasteiger partial charge in [-0.1, -0.05) is 63.9 Å². The van der Waals surface area contributed by atoms with Crippen LogP contribution in [-0.4, -0.2) is 50.9 Å². The van der Waals surface area contributed by atoms with E-state index in [9.17, 15) is 9.59 Å². The van der Waals surface area contributed by atoms with Gasteiger partial charge in [-0.2, -0.15) is 0 Å². The van der Waals surface area contributed by atoms with Gasteiger partial charge in [0.1, 0.15) is 12.0 Å². The second-order valence-corrected chi connectivity index (χ2v) is 7.31. The molecule has 0 spiro atoms. The van der Waals surface area contributed by atoms with Crippen LogP contribution in [0.4, 0.5) is 4.79 Å². The number of methoxy groups -OCH3 is 2. The molecule has 1 fully saturated rings. The third-order valence-electron chi connectivity index (χ3n) is 4.73. The molecule has 1 heterocycles. The predicted octanol–water partition coefficient (Wildman–Crippen LogP) is 4.28. The Bertz CT molecular complexity index is 592. The zero-order valence-electron chi connectivity index (χ0n) is 17.9. The smallest absolute Gasteiger partial charge is 0.410 e. The summed E-state index contributed by atoms with van der Waals surface area (Å²) in [5.41, 5.74) is 0.0878. The lowest BCUT2D eigenvalue weighted by molar-refractivity contribution is -0.162. The van der Waals surface area contributed by atoms with Crippen LogP contribution in [0.15, 0.2) is 30.3 Å². The first-order valence-corrected chi connectivity index (χ1v) is 9.99. The van der Waals surface area contributed by atoms with Gasteiger partial charge < -0.3 is 19.1 Å². The Kier molecular flexibility index (Phi) is 10.6. The molecule has 0 aromatic heterocycles. The van der Waals surface area contributed by atoms with Crippen LogP contribution in [0.2, 0.25) is 0 Å². The number of carbonyl (C=O) groups is 2. The van der Waals surface area contributed by atoms with E-state index in [2.05, 4.69) is 20.8 Å². The van der Waals surface area contributed by atoms with Crippen molar-refractivity contribution in [3.63, 3.8) is 0 Å². The number of piperidine rings is 1. The minimum atomic E-state index is -0.839. The van der Waals surface area contributed by atoms with Crippen LogP contribution in [0.3, 0.4) is 0 Å². The number of benzene rings is 1. The maximum atomic E-state index is 12.5. The molecule has 2 rings (SSSR count). The molecule has 6 heteroatoms. The fourth-order valence-electron chi connectivity index (χ4n) is 3.45. The normalized spacial score (nSPS) is 21.3. The molecule has 0 radical (unpaired) electrons. The number of hydrogen-bond acceptors (Lipinski definition) is 5. The first-order valence-electron chi connectivity index (χ1n) is 9.99. The van der Waals surface area contributed by atoms with E-state index in [0.717, 1.165) is 12.0 Å². The predicted molar refractivity (Wildman–Crippen MR) is 109 cm³/mol. The second-order valence-electron chi connectivity index (χ2n) is 7.31. The first kappa shape index (κ1) is 24.0. The zero-order valence-corrected chi connectivity index (χ0v) is 17.9. The summed E-state index contributed by atoms with van der Waals surface area (Å²) in [4.78, 5) is 26.6. The van der Waals surface area contributed by atoms with Crippen LogP contribution < -0.4 is 0 Å². The summed E-state index contributed by atoms with van der Waals surface area (Å²) in [6.07, 6.45) is 2.35. The number of nitrogens with zero attached hydrogens (tertiary/aromatic N) is 1. The largest absolute Gasteiger partial charge is 0.468 e. The van der Waals surface area contributed by atoms with Crippen LogP contribution >= 0.6 is 0 Å². The van der Waals surface area contributed by atoms with Crippen molar-refractivity contribution in [2.75, 3.05) is 33.9 Å². The third-order valence-corrected chi connectivity index (χ3v) is 4.73. The van der Waals surface area contributed by atoms with Gasteiger partial charge in [0.05, 0.1) is 13.7 Å². The number of ether oxygens (including phenoxy) is 3. The lowest BCUT2D eigenvalue weighted by Gasteiger charge is -2.43. The van der Waals surface area contributed by atoms with Gasteiger partial charge in [0.15, 0.2) is 0 Å². The highest BCUT2D eigenvalue weighted by atomic mass is 16.6. The molecule has 1 aromatic carbocycles. The van der Waals surface area contributed by atoms with Crippen molar-refractivity contribution < 1.29 is 23.8 Å². The van der Waals surface area contributed by atoms with E-state index in [1.165, 1.54) is 13.5 Å². The number of hydrogen-bond donors (Lipinski definition) is 0.